The smallest absolute Gasteiger partial charge is 0.124 e. The van der Waals surface area contributed by atoms with Gasteiger partial charge in [-0.25, -0.2) is 0 Å². The van der Waals surface area contributed by atoms with E-state index < -0.39 is 0 Å². The molecule has 1 N–H and O–H groups in total. The zero-order chi connectivity index (χ0) is 15.1. The first-order valence-electron chi connectivity index (χ1n) is 7.57. The number of ether oxygens (including phenoxy) is 1. The van der Waals surface area contributed by atoms with E-state index in [2.05, 4.69) is 49.3 Å². The molecule has 1 aromatic carbocycles. The van der Waals surface area contributed by atoms with Crippen LogP contribution in [0.5, 0.6) is 5.75 Å². The summed E-state index contributed by atoms with van der Waals surface area (Å²) in [5, 5.41) is 3.45. The maximum absolute atomic E-state index is 5.98. The molecule has 2 aromatic rings. The molecule has 3 heteroatoms. The van der Waals surface area contributed by atoms with Crippen molar-refractivity contribution in [2.24, 2.45) is 0 Å². The second-order valence-corrected chi connectivity index (χ2v) is 5.24. The van der Waals surface area contributed by atoms with Crippen molar-refractivity contribution in [2.45, 2.75) is 33.2 Å². The lowest BCUT2D eigenvalue weighted by Crippen LogP contribution is -2.19. The van der Waals surface area contributed by atoms with Gasteiger partial charge in [-0.05, 0) is 38.6 Å². The number of pyridine rings is 1. The molecule has 0 spiro atoms. The number of hydrogen-bond donors (Lipinski definition) is 1. The summed E-state index contributed by atoms with van der Waals surface area (Å²) in [4.78, 5) is 4.32. The molecule has 1 heterocycles. The highest BCUT2D eigenvalue weighted by Gasteiger charge is 2.11. The fourth-order valence-electron chi connectivity index (χ4n) is 2.37. The minimum atomic E-state index is 0.291. The second kappa shape index (κ2) is 7.79. The second-order valence-electron chi connectivity index (χ2n) is 5.24. The van der Waals surface area contributed by atoms with Crippen LogP contribution in [0.3, 0.4) is 0 Å². The van der Waals surface area contributed by atoms with E-state index in [-0.39, 0.29) is 0 Å². The fraction of sp³-hybridized carbons (Fsp3) is 0.389. The molecule has 1 aromatic heterocycles. The zero-order valence-corrected chi connectivity index (χ0v) is 13.1. The van der Waals surface area contributed by atoms with Crippen molar-refractivity contribution < 1.29 is 4.74 Å². The Kier molecular flexibility index (Phi) is 5.76. The van der Waals surface area contributed by atoms with Gasteiger partial charge in [0.25, 0.3) is 0 Å². The average molecular weight is 284 g/mol. The van der Waals surface area contributed by atoms with Gasteiger partial charge in [0, 0.05) is 29.9 Å². The monoisotopic (exact) mass is 284 g/mol. The highest BCUT2D eigenvalue weighted by molar-refractivity contribution is 5.39. The minimum absolute atomic E-state index is 0.291. The van der Waals surface area contributed by atoms with Gasteiger partial charge in [-0.3, -0.25) is 4.98 Å². The molecule has 2 rings (SSSR count). The maximum Gasteiger partial charge on any atom is 0.124 e. The van der Waals surface area contributed by atoms with E-state index in [1.807, 2.05) is 24.4 Å². The lowest BCUT2D eigenvalue weighted by atomic mass is 10.0. The SMILES string of the molecule is CCNC(C)c1cc(C)ccc1OCCc1ccccn1. The first-order chi connectivity index (χ1) is 10.2. The standard InChI is InChI=1S/C18H24N2O/c1-4-19-15(3)17-13-14(2)8-9-18(17)21-12-10-16-7-5-6-11-20-16/h5-9,11,13,15,19H,4,10,12H2,1-3H3. The Morgan fingerprint density at radius 2 is 2.10 bits per heavy atom. The Balaban J connectivity index is 2.02. The van der Waals surface area contributed by atoms with Gasteiger partial charge in [0.2, 0.25) is 0 Å². The number of nitrogens with zero attached hydrogens (tertiary/aromatic N) is 1. The van der Waals surface area contributed by atoms with E-state index in [0.29, 0.717) is 12.6 Å². The third kappa shape index (κ3) is 4.57. The molecule has 0 amide bonds. The molecule has 0 fully saturated rings. The minimum Gasteiger partial charge on any atom is -0.493 e. The molecule has 1 unspecified atom stereocenters. The number of hydrogen-bond acceptors (Lipinski definition) is 3. The average Bonchev–Trinajstić information content (AvgIpc) is 2.50. The van der Waals surface area contributed by atoms with Crippen LogP contribution in [0.2, 0.25) is 0 Å². The van der Waals surface area contributed by atoms with E-state index in [0.717, 1.165) is 24.4 Å². The molecule has 0 aliphatic carbocycles. The van der Waals surface area contributed by atoms with Gasteiger partial charge < -0.3 is 10.1 Å². The van der Waals surface area contributed by atoms with Crippen LogP contribution < -0.4 is 10.1 Å². The molecule has 112 valence electrons. The van der Waals surface area contributed by atoms with Crippen molar-refractivity contribution in [3.8, 4) is 5.75 Å². The van der Waals surface area contributed by atoms with Crippen LogP contribution in [-0.2, 0) is 6.42 Å². The number of benzene rings is 1. The van der Waals surface area contributed by atoms with Crippen molar-refractivity contribution in [2.75, 3.05) is 13.2 Å². The van der Waals surface area contributed by atoms with E-state index in [1.165, 1.54) is 11.1 Å². The molecule has 3 nitrogen and oxygen atoms in total. The Labute approximate surface area is 127 Å². The predicted octanol–water partition coefficient (Wildman–Crippen LogP) is 3.68. The molecule has 21 heavy (non-hydrogen) atoms. The van der Waals surface area contributed by atoms with Gasteiger partial charge in [0.05, 0.1) is 6.61 Å². The summed E-state index contributed by atoms with van der Waals surface area (Å²) in [6.45, 7) is 7.99. The van der Waals surface area contributed by atoms with Crippen LogP contribution >= 0.6 is 0 Å². The molecular weight excluding hydrogens is 260 g/mol. The van der Waals surface area contributed by atoms with Gasteiger partial charge in [-0.15, -0.1) is 0 Å². The van der Waals surface area contributed by atoms with E-state index in [4.69, 9.17) is 4.74 Å². The molecule has 0 aliphatic rings. The Morgan fingerprint density at radius 3 is 2.81 bits per heavy atom. The van der Waals surface area contributed by atoms with Crippen molar-refractivity contribution in [3.05, 3.63) is 59.4 Å². The third-order valence-corrected chi connectivity index (χ3v) is 3.48. The summed E-state index contributed by atoms with van der Waals surface area (Å²) in [5.41, 5.74) is 3.54. The highest BCUT2D eigenvalue weighted by atomic mass is 16.5. The van der Waals surface area contributed by atoms with Crippen molar-refractivity contribution in [3.63, 3.8) is 0 Å². The molecule has 0 aliphatic heterocycles. The largest absolute Gasteiger partial charge is 0.493 e. The Bertz CT molecular complexity index is 554. The van der Waals surface area contributed by atoms with Gasteiger partial charge in [-0.2, -0.15) is 0 Å². The highest BCUT2D eigenvalue weighted by Crippen LogP contribution is 2.26. The Morgan fingerprint density at radius 1 is 1.24 bits per heavy atom. The quantitative estimate of drug-likeness (QED) is 0.842. The van der Waals surface area contributed by atoms with E-state index in [9.17, 15) is 0 Å². The summed E-state index contributed by atoms with van der Waals surface area (Å²) in [6, 6.07) is 12.6. The van der Waals surface area contributed by atoms with Crippen LogP contribution in [0, 0.1) is 6.92 Å². The van der Waals surface area contributed by atoms with Gasteiger partial charge in [0.15, 0.2) is 0 Å². The summed E-state index contributed by atoms with van der Waals surface area (Å²) in [5.74, 6) is 0.963. The lowest BCUT2D eigenvalue weighted by Gasteiger charge is -2.18. The van der Waals surface area contributed by atoms with E-state index in [1.54, 1.807) is 0 Å². The van der Waals surface area contributed by atoms with Gasteiger partial charge >= 0.3 is 0 Å². The number of rotatable bonds is 7. The topological polar surface area (TPSA) is 34.1 Å². The molecular formula is C18H24N2O. The van der Waals surface area contributed by atoms with Crippen LogP contribution in [-0.4, -0.2) is 18.1 Å². The van der Waals surface area contributed by atoms with Gasteiger partial charge in [0.1, 0.15) is 5.75 Å². The van der Waals surface area contributed by atoms with Crippen LogP contribution in [0.4, 0.5) is 0 Å². The normalized spacial score (nSPS) is 12.1. The Hall–Kier alpha value is -1.87. The summed E-state index contributed by atoms with van der Waals surface area (Å²) >= 11 is 0. The molecule has 0 saturated carbocycles. The molecule has 0 saturated heterocycles. The first kappa shape index (κ1) is 15.5. The van der Waals surface area contributed by atoms with E-state index >= 15 is 0 Å². The third-order valence-electron chi connectivity index (χ3n) is 3.48. The molecule has 0 radical (unpaired) electrons. The molecule has 1 atom stereocenters. The van der Waals surface area contributed by atoms with Crippen molar-refractivity contribution in [1.29, 1.82) is 0 Å². The predicted molar refractivity (Wildman–Crippen MR) is 86.7 cm³/mol. The van der Waals surface area contributed by atoms with Gasteiger partial charge in [-0.1, -0.05) is 30.7 Å². The van der Waals surface area contributed by atoms with Crippen LogP contribution in [0.15, 0.2) is 42.6 Å². The summed E-state index contributed by atoms with van der Waals surface area (Å²) < 4.78 is 5.98. The number of aromatic nitrogens is 1. The summed E-state index contributed by atoms with van der Waals surface area (Å²) in [6.07, 6.45) is 2.64. The first-order valence-corrected chi connectivity index (χ1v) is 7.57. The van der Waals surface area contributed by atoms with Crippen molar-refractivity contribution in [1.82, 2.24) is 10.3 Å². The molecule has 0 bridgehead atoms. The fourth-order valence-corrected chi connectivity index (χ4v) is 2.37. The summed E-state index contributed by atoms with van der Waals surface area (Å²) in [7, 11) is 0. The maximum atomic E-state index is 5.98. The van der Waals surface area contributed by atoms with Crippen molar-refractivity contribution >= 4 is 0 Å². The van der Waals surface area contributed by atoms with Crippen LogP contribution in [0.25, 0.3) is 0 Å². The zero-order valence-electron chi connectivity index (χ0n) is 13.1. The number of nitrogens with one attached hydrogen (secondary N) is 1. The van der Waals surface area contributed by atoms with Crippen LogP contribution in [0.1, 0.15) is 36.7 Å². The lowest BCUT2D eigenvalue weighted by molar-refractivity contribution is 0.314. The number of aryl methyl sites for hydroxylation is 1.